The summed E-state index contributed by atoms with van der Waals surface area (Å²) in [6, 6.07) is 5.79. The molecule has 0 aliphatic heterocycles. The number of nitrogens with one attached hydrogen (secondary N) is 1. The fourth-order valence-corrected chi connectivity index (χ4v) is 2.94. The van der Waals surface area contributed by atoms with Crippen molar-refractivity contribution in [3.05, 3.63) is 29.0 Å². The molecule has 3 rings (SSSR count). The molecule has 2 aromatic rings. The van der Waals surface area contributed by atoms with Crippen LogP contribution in [0.15, 0.2) is 18.2 Å². The predicted molar refractivity (Wildman–Crippen MR) is 70.2 cm³/mol. The molecule has 0 saturated heterocycles. The lowest BCUT2D eigenvalue weighted by atomic mass is 9.94. The van der Waals surface area contributed by atoms with Crippen LogP contribution in [0.25, 0.3) is 11.0 Å². The lowest BCUT2D eigenvalue weighted by Crippen LogP contribution is -2.39. The first kappa shape index (κ1) is 11.1. The third-order valence-electron chi connectivity index (χ3n) is 3.63. The van der Waals surface area contributed by atoms with Gasteiger partial charge in [-0.3, -0.25) is 0 Å². The minimum Gasteiger partial charge on any atom is -0.342 e. The Bertz CT molecular complexity index is 541. The maximum atomic E-state index is 6.36. The number of fused-ring (bicyclic) bond motifs is 1. The Morgan fingerprint density at radius 2 is 2.12 bits per heavy atom. The molecule has 3 nitrogen and oxygen atoms in total. The van der Waals surface area contributed by atoms with E-state index in [4.69, 9.17) is 17.3 Å². The number of nitrogens with two attached hydrogens (primary N) is 1. The molecule has 0 atom stereocenters. The second-order valence-corrected chi connectivity index (χ2v) is 5.47. The molecule has 1 aromatic carbocycles. The Morgan fingerprint density at radius 1 is 1.35 bits per heavy atom. The molecule has 1 fully saturated rings. The topological polar surface area (TPSA) is 54.7 Å². The first-order chi connectivity index (χ1) is 8.16. The first-order valence-electron chi connectivity index (χ1n) is 6.08. The van der Waals surface area contributed by atoms with Crippen molar-refractivity contribution in [2.24, 2.45) is 5.73 Å². The van der Waals surface area contributed by atoms with Gasteiger partial charge in [-0.15, -0.1) is 0 Å². The molecule has 0 amide bonds. The number of aromatic nitrogens is 2. The van der Waals surface area contributed by atoms with Gasteiger partial charge in [0.15, 0.2) is 0 Å². The number of hydrogen-bond acceptors (Lipinski definition) is 2. The van der Waals surface area contributed by atoms with E-state index >= 15 is 0 Å². The van der Waals surface area contributed by atoms with E-state index in [0.29, 0.717) is 5.02 Å². The Balaban J connectivity index is 1.93. The lowest BCUT2D eigenvalue weighted by molar-refractivity contribution is 0.428. The second-order valence-electron chi connectivity index (χ2n) is 5.07. The van der Waals surface area contributed by atoms with Gasteiger partial charge in [-0.05, 0) is 25.0 Å². The zero-order valence-corrected chi connectivity index (χ0v) is 10.4. The summed E-state index contributed by atoms with van der Waals surface area (Å²) in [6.45, 7) is 0. The number of para-hydroxylation sites is 1. The van der Waals surface area contributed by atoms with E-state index in [1.807, 2.05) is 18.2 Å². The van der Waals surface area contributed by atoms with Crippen LogP contribution in [0, 0.1) is 0 Å². The van der Waals surface area contributed by atoms with Crippen molar-refractivity contribution < 1.29 is 0 Å². The van der Waals surface area contributed by atoms with Gasteiger partial charge in [0.2, 0.25) is 0 Å². The number of imidazole rings is 1. The van der Waals surface area contributed by atoms with Gasteiger partial charge in [-0.1, -0.05) is 30.5 Å². The van der Waals surface area contributed by atoms with E-state index in [0.717, 1.165) is 36.1 Å². The summed E-state index contributed by atoms with van der Waals surface area (Å²) in [5, 5.41) is 0.697. The van der Waals surface area contributed by atoms with Crippen LogP contribution < -0.4 is 5.73 Å². The maximum absolute atomic E-state index is 6.36. The molecule has 1 heterocycles. The van der Waals surface area contributed by atoms with E-state index < -0.39 is 0 Å². The zero-order chi connectivity index (χ0) is 11.9. The van der Waals surface area contributed by atoms with Crippen LogP contribution in [0.1, 0.15) is 31.5 Å². The van der Waals surface area contributed by atoms with E-state index in [-0.39, 0.29) is 5.54 Å². The lowest BCUT2D eigenvalue weighted by Gasteiger charge is -2.21. The molecule has 0 bridgehead atoms. The van der Waals surface area contributed by atoms with Gasteiger partial charge in [0.05, 0.1) is 10.5 Å². The average Bonchev–Trinajstić information content (AvgIpc) is 2.86. The molecular formula is C13H16ClN3. The number of hydrogen-bond donors (Lipinski definition) is 2. The van der Waals surface area contributed by atoms with Gasteiger partial charge in [0.25, 0.3) is 0 Å². The monoisotopic (exact) mass is 249 g/mol. The predicted octanol–water partition coefficient (Wildman–Crippen LogP) is 3.03. The van der Waals surface area contributed by atoms with E-state index in [1.165, 1.54) is 12.8 Å². The molecule has 90 valence electrons. The van der Waals surface area contributed by atoms with Crippen LogP contribution in [0.5, 0.6) is 0 Å². The number of aromatic amines is 1. The zero-order valence-electron chi connectivity index (χ0n) is 9.67. The molecule has 3 N–H and O–H groups in total. The number of benzene rings is 1. The Morgan fingerprint density at radius 3 is 2.82 bits per heavy atom. The Hall–Kier alpha value is -1.06. The molecule has 1 saturated carbocycles. The second kappa shape index (κ2) is 4.00. The number of halogens is 1. The van der Waals surface area contributed by atoms with Crippen LogP contribution in [0.2, 0.25) is 5.02 Å². The van der Waals surface area contributed by atoms with Crippen molar-refractivity contribution in [3.8, 4) is 0 Å². The molecular weight excluding hydrogens is 234 g/mol. The first-order valence-corrected chi connectivity index (χ1v) is 6.46. The van der Waals surface area contributed by atoms with Crippen molar-refractivity contribution in [2.45, 2.75) is 37.6 Å². The normalized spacial score (nSPS) is 18.9. The van der Waals surface area contributed by atoms with E-state index in [2.05, 4.69) is 9.97 Å². The molecule has 1 aliphatic carbocycles. The Labute approximate surface area is 105 Å². The summed E-state index contributed by atoms with van der Waals surface area (Å²) in [6.07, 6.45) is 5.47. The van der Waals surface area contributed by atoms with E-state index in [9.17, 15) is 0 Å². The summed E-state index contributed by atoms with van der Waals surface area (Å²) in [5.74, 6) is 0.956. The Kier molecular flexibility index (Phi) is 2.60. The van der Waals surface area contributed by atoms with Crippen LogP contribution in [0.4, 0.5) is 0 Å². The molecule has 0 unspecified atom stereocenters. The van der Waals surface area contributed by atoms with Crippen molar-refractivity contribution in [1.29, 1.82) is 0 Å². The summed E-state index contributed by atoms with van der Waals surface area (Å²) in [4.78, 5) is 7.87. The highest BCUT2D eigenvalue weighted by molar-refractivity contribution is 6.34. The molecule has 1 aromatic heterocycles. The third kappa shape index (κ3) is 2.05. The minimum absolute atomic E-state index is 0.0691. The maximum Gasteiger partial charge on any atom is 0.109 e. The molecule has 17 heavy (non-hydrogen) atoms. The molecule has 0 radical (unpaired) electrons. The number of nitrogens with zero attached hydrogens (tertiary/aromatic N) is 1. The van der Waals surface area contributed by atoms with Crippen LogP contribution in [0.3, 0.4) is 0 Å². The highest BCUT2D eigenvalue weighted by Gasteiger charge is 2.30. The van der Waals surface area contributed by atoms with E-state index in [1.54, 1.807) is 0 Å². The fourth-order valence-electron chi connectivity index (χ4n) is 2.72. The standard InChI is InChI=1S/C13H16ClN3/c14-9-4-3-5-10-12(9)17-11(16-10)8-13(15)6-1-2-7-13/h3-5H,1-2,6-8,15H2,(H,16,17). The van der Waals surface area contributed by atoms with Gasteiger partial charge in [0.1, 0.15) is 11.3 Å². The fraction of sp³-hybridized carbons (Fsp3) is 0.462. The van der Waals surface area contributed by atoms with Gasteiger partial charge in [0, 0.05) is 12.0 Å². The third-order valence-corrected chi connectivity index (χ3v) is 3.94. The summed E-state index contributed by atoms with van der Waals surface area (Å²) >= 11 is 6.11. The molecule has 1 aliphatic rings. The van der Waals surface area contributed by atoms with Gasteiger partial charge >= 0.3 is 0 Å². The minimum atomic E-state index is -0.0691. The van der Waals surface area contributed by atoms with Gasteiger partial charge < -0.3 is 10.7 Å². The van der Waals surface area contributed by atoms with Gasteiger partial charge in [-0.2, -0.15) is 0 Å². The number of rotatable bonds is 2. The van der Waals surface area contributed by atoms with Crippen LogP contribution in [-0.2, 0) is 6.42 Å². The molecule has 4 heteroatoms. The quantitative estimate of drug-likeness (QED) is 0.860. The SMILES string of the molecule is NC1(Cc2nc3c(Cl)cccc3[nH]2)CCCC1. The highest BCUT2D eigenvalue weighted by Crippen LogP contribution is 2.30. The van der Waals surface area contributed by atoms with Crippen LogP contribution in [-0.4, -0.2) is 15.5 Å². The summed E-state index contributed by atoms with van der Waals surface area (Å²) in [5.41, 5.74) is 8.14. The number of H-pyrrole nitrogens is 1. The summed E-state index contributed by atoms with van der Waals surface area (Å²) in [7, 11) is 0. The van der Waals surface area contributed by atoms with Crippen molar-refractivity contribution in [3.63, 3.8) is 0 Å². The molecule has 0 spiro atoms. The van der Waals surface area contributed by atoms with Crippen LogP contribution >= 0.6 is 11.6 Å². The smallest absolute Gasteiger partial charge is 0.109 e. The van der Waals surface area contributed by atoms with Gasteiger partial charge in [-0.25, -0.2) is 4.98 Å². The largest absolute Gasteiger partial charge is 0.342 e. The summed E-state index contributed by atoms with van der Waals surface area (Å²) < 4.78 is 0. The van der Waals surface area contributed by atoms with Crippen molar-refractivity contribution in [1.82, 2.24) is 9.97 Å². The average molecular weight is 250 g/mol. The van der Waals surface area contributed by atoms with Crippen molar-refractivity contribution in [2.75, 3.05) is 0 Å². The highest BCUT2D eigenvalue weighted by atomic mass is 35.5. The van der Waals surface area contributed by atoms with Crippen molar-refractivity contribution >= 4 is 22.6 Å².